The molecule has 2 fully saturated rings. The molecule has 0 radical (unpaired) electrons. The molecule has 2 N–H and O–H groups in total. The van der Waals surface area contributed by atoms with Crippen LogP contribution in [-0.2, 0) is 4.74 Å². The van der Waals surface area contributed by atoms with E-state index in [4.69, 9.17) is 4.74 Å². The zero-order valence-corrected chi connectivity index (χ0v) is 14.3. The van der Waals surface area contributed by atoms with Gasteiger partial charge in [0.05, 0.1) is 6.10 Å². The first-order valence-electron chi connectivity index (χ1n) is 9.31. The van der Waals surface area contributed by atoms with Crippen molar-refractivity contribution < 1.29 is 9.84 Å². The number of ether oxygens (including phenoxy) is 1. The van der Waals surface area contributed by atoms with Gasteiger partial charge in [0, 0.05) is 31.2 Å². The molecule has 3 nitrogen and oxygen atoms in total. The number of nitrogens with one attached hydrogen (secondary N) is 1. The summed E-state index contributed by atoms with van der Waals surface area (Å²) in [4.78, 5) is 0. The molecule has 0 amide bonds. The lowest BCUT2D eigenvalue weighted by atomic mass is 9.60. The van der Waals surface area contributed by atoms with Crippen LogP contribution >= 0.6 is 0 Å². The van der Waals surface area contributed by atoms with Crippen LogP contribution in [0.4, 0.5) is 0 Å². The van der Waals surface area contributed by atoms with Gasteiger partial charge in [0.2, 0.25) is 0 Å². The van der Waals surface area contributed by atoms with Crippen LogP contribution in [0, 0.1) is 5.41 Å². The normalized spacial score (nSPS) is 27.0. The van der Waals surface area contributed by atoms with Crippen LogP contribution in [0.1, 0.15) is 56.9 Å². The van der Waals surface area contributed by atoms with Crippen LogP contribution in [0.3, 0.4) is 0 Å². The molecule has 0 heterocycles. The molecular weight excluding hydrogens is 286 g/mol. The van der Waals surface area contributed by atoms with Gasteiger partial charge in [-0.05, 0) is 44.1 Å². The van der Waals surface area contributed by atoms with E-state index < -0.39 is 0 Å². The molecule has 3 unspecified atom stereocenters. The van der Waals surface area contributed by atoms with Crippen LogP contribution in [0.2, 0.25) is 0 Å². The molecule has 3 atom stereocenters. The fourth-order valence-electron chi connectivity index (χ4n) is 4.73. The SMILES string of the molecule is CCOC1CC(NCC(CCO)c2ccccc2)C12CCCC2. The van der Waals surface area contributed by atoms with E-state index in [2.05, 4.69) is 42.6 Å². The fourth-order valence-corrected chi connectivity index (χ4v) is 4.73. The third kappa shape index (κ3) is 3.47. The van der Waals surface area contributed by atoms with E-state index in [1.165, 1.54) is 31.2 Å². The first-order valence-corrected chi connectivity index (χ1v) is 9.31. The molecule has 3 heteroatoms. The molecule has 1 aromatic carbocycles. The van der Waals surface area contributed by atoms with E-state index >= 15 is 0 Å². The van der Waals surface area contributed by atoms with Crippen molar-refractivity contribution in [2.24, 2.45) is 5.41 Å². The zero-order chi connectivity index (χ0) is 16.1. The highest BCUT2D eigenvalue weighted by atomic mass is 16.5. The van der Waals surface area contributed by atoms with Crippen LogP contribution in [-0.4, -0.2) is 37.0 Å². The molecule has 2 aliphatic rings. The minimum absolute atomic E-state index is 0.249. The minimum atomic E-state index is 0.249. The molecule has 2 saturated carbocycles. The molecule has 1 spiro atoms. The van der Waals surface area contributed by atoms with Crippen molar-refractivity contribution in [3.05, 3.63) is 35.9 Å². The summed E-state index contributed by atoms with van der Waals surface area (Å²) in [5.41, 5.74) is 1.71. The summed E-state index contributed by atoms with van der Waals surface area (Å²) >= 11 is 0. The summed E-state index contributed by atoms with van der Waals surface area (Å²) in [6.45, 7) is 4.14. The van der Waals surface area contributed by atoms with Crippen molar-refractivity contribution in [1.82, 2.24) is 5.32 Å². The van der Waals surface area contributed by atoms with E-state index in [1.54, 1.807) is 0 Å². The Morgan fingerprint density at radius 1 is 1.26 bits per heavy atom. The van der Waals surface area contributed by atoms with Gasteiger partial charge in [-0.1, -0.05) is 43.2 Å². The van der Waals surface area contributed by atoms with Crippen LogP contribution in [0.15, 0.2) is 30.3 Å². The third-order valence-corrected chi connectivity index (χ3v) is 6.05. The molecular formula is C20H31NO2. The maximum Gasteiger partial charge on any atom is 0.0661 e. The predicted octanol–water partition coefficient (Wildman–Crippen LogP) is 3.48. The van der Waals surface area contributed by atoms with Crippen molar-refractivity contribution >= 4 is 0 Å². The molecule has 128 valence electrons. The third-order valence-electron chi connectivity index (χ3n) is 6.05. The van der Waals surface area contributed by atoms with Crippen molar-refractivity contribution in [1.29, 1.82) is 0 Å². The zero-order valence-electron chi connectivity index (χ0n) is 14.3. The van der Waals surface area contributed by atoms with E-state index in [0.717, 1.165) is 26.0 Å². The smallest absolute Gasteiger partial charge is 0.0661 e. The lowest BCUT2D eigenvalue weighted by Crippen LogP contribution is -2.63. The average Bonchev–Trinajstić information content (AvgIpc) is 3.10. The number of aliphatic hydroxyl groups excluding tert-OH is 1. The minimum Gasteiger partial charge on any atom is -0.396 e. The van der Waals surface area contributed by atoms with Gasteiger partial charge in [-0.3, -0.25) is 0 Å². The van der Waals surface area contributed by atoms with Crippen LogP contribution in [0.25, 0.3) is 0 Å². The molecule has 23 heavy (non-hydrogen) atoms. The lowest BCUT2D eigenvalue weighted by molar-refractivity contribution is -0.130. The molecule has 0 aromatic heterocycles. The average molecular weight is 317 g/mol. The number of hydrogen-bond acceptors (Lipinski definition) is 3. The summed E-state index contributed by atoms with van der Waals surface area (Å²) in [7, 11) is 0. The highest BCUT2D eigenvalue weighted by Crippen LogP contribution is 2.54. The Morgan fingerprint density at radius 2 is 2.00 bits per heavy atom. The van der Waals surface area contributed by atoms with E-state index in [1.807, 2.05) is 0 Å². The molecule has 1 aromatic rings. The van der Waals surface area contributed by atoms with E-state index in [-0.39, 0.29) is 6.61 Å². The number of rotatable bonds is 8. The van der Waals surface area contributed by atoms with Crippen LogP contribution < -0.4 is 5.32 Å². The number of hydrogen-bond donors (Lipinski definition) is 2. The Morgan fingerprint density at radius 3 is 2.65 bits per heavy atom. The standard InChI is InChI=1S/C20H31NO2/c1-2-23-19-14-18(20(19)11-6-7-12-20)21-15-17(10-13-22)16-8-4-3-5-9-16/h3-5,8-9,17-19,21-22H,2,6-7,10-15H2,1H3. The van der Waals surface area contributed by atoms with Gasteiger partial charge in [0.1, 0.15) is 0 Å². The highest BCUT2D eigenvalue weighted by molar-refractivity contribution is 5.20. The van der Waals surface area contributed by atoms with Gasteiger partial charge < -0.3 is 15.2 Å². The maximum absolute atomic E-state index is 9.40. The van der Waals surface area contributed by atoms with Gasteiger partial charge in [-0.25, -0.2) is 0 Å². The Kier molecular flexibility index (Phi) is 5.73. The number of aliphatic hydroxyl groups is 1. The van der Waals surface area contributed by atoms with E-state index in [9.17, 15) is 5.11 Å². The molecule has 2 aliphatic carbocycles. The first-order chi connectivity index (χ1) is 11.3. The molecule has 0 saturated heterocycles. The van der Waals surface area contributed by atoms with Gasteiger partial charge in [0.25, 0.3) is 0 Å². The summed E-state index contributed by atoms with van der Waals surface area (Å²) < 4.78 is 6.00. The van der Waals surface area contributed by atoms with E-state index in [0.29, 0.717) is 23.5 Å². The largest absolute Gasteiger partial charge is 0.396 e. The van der Waals surface area contributed by atoms with Gasteiger partial charge in [0.15, 0.2) is 0 Å². The van der Waals surface area contributed by atoms with Crippen molar-refractivity contribution in [2.75, 3.05) is 19.8 Å². The Labute approximate surface area is 140 Å². The lowest BCUT2D eigenvalue weighted by Gasteiger charge is -2.54. The quantitative estimate of drug-likeness (QED) is 0.771. The second-order valence-corrected chi connectivity index (χ2v) is 7.20. The molecule has 0 bridgehead atoms. The Bertz CT molecular complexity index is 470. The summed E-state index contributed by atoms with van der Waals surface area (Å²) in [6.07, 6.45) is 7.75. The maximum atomic E-state index is 9.40. The monoisotopic (exact) mass is 317 g/mol. The molecule has 0 aliphatic heterocycles. The summed E-state index contributed by atoms with van der Waals surface area (Å²) in [5, 5.41) is 13.2. The predicted molar refractivity (Wildman–Crippen MR) is 93.6 cm³/mol. The van der Waals surface area contributed by atoms with Gasteiger partial charge >= 0.3 is 0 Å². The highest BCUT2D eigenvalue weighted by Gasteiger charge is 2.56. The number of benzene rings is 1. The van der Waals surface area contributed by atoms with Crippen molar-refractivity contribution in [3.63, 3.8) is 0 Å². The first kappa shape index (κ1) is 16.9. The van der Waals surface area contributed by atoms with Gasteiger partial charge in [-0.15, -0.1) is 0 Å². The summed E-state index contributed by atoms with van der Waals surface area (Å²) in [6, 6.07) is 11.2. The summed E-state index contributed by atoms with van der Waals surface area (Å²) in [5.74, 6) is 0.394. The fraction of sp³-hybridized carbons (Fsp3) is 0.700. The Balaban J connectivity index is 1.60. The van der Waals surface area contributed by atoms with Crippen molar-refractivity contribution in [2.45, 2.75) is 63.5 Å². The van der Waals surface area contributed by atoms with Crippen LogP contribution in [0.5, 0.6) is 0 Å². The van der Waals surface area contributed by atoms with Gasteiger partial charge in [-0.2, -0.15) is 0 Å². The topological polar surface area (TPSA) is 41.5 Å². The Hall–Kier alpha value is -0.900. The second-order valence-electron chi connectivity index (χ2n) is 7.20. The second kappa shape index (κ2) is 7.78. The van der Waals surface area contributed by atoms with Crippen molar-refractivity contribution in [3.8, 4) is 0 Å². The molecule has 3 rings (SSSR count).